The molecular formula is C32H38FN3O4S. The highest BCUT2D eigenvalue weighted by Gasteiger charge is 2.35. The van der Waals surface area contributed by atoms with Crippen molar-refractivity contribution in [2.24, 2.45) is 0 Å². The quantitative estimate of drug-likeness (QED) is 0.321. The zero-order valence-electron chi connectivity index (χ0n) is 23.6. The molecule has 0 radical (unpaired) electrons. The Morgan fingerprint density at radius 3 is 2.20 bits per heavy atom. The SMILES string of the molecule is CCC(C(=O)NC1CCCCC1)N(Cc1ccc(C)cc1)C(=O)CN(c1ccccc1F)S(=O)(=O)c1ccccc1. The number of anilines is 1. The smallest absolute Gasteiger partial charge is 0.264 e. The molecule has 1 atom stereocenters. The zero-order valence-corrected chi connectivity index (χ0v) is 24.4. The van der Waals surface area contributed by atoms with E-state index in [-0.39, 0.29) is 29.1 Å². The highest BCUT2D eigenvalue weighted by molar-refractivity contribution is 7.92. The topological polar surface area (TPSA) is 86.8 Å². The molecule has 3 aromatic rings. The van der Waals surface area contributed by atoms with Crippen LogP contribution in [-0.2, 0) is 26.2 Å². The number of halogens is 1. The molecule has 4 rings (SSSR count). The summed E-state index contributed by atoms with van der Waals surface area (Å²) in [6.45, 7) is 3.22. The molecule has 1 unspecified atom stereocenters. The third-order valence-corrected chi connectivity index (χ3v) is 9.32. The third kappa shape index (κ3) is 7.52. The molecule has 1 fully saturated rings. The van der Waals surface area contributed by atoms with Gasteiger partial charge in [0.1, 0.15) is 18.4 Å². The van der Waals surface area contributed by atoms with Gasteiger partial charge in [0.2, 0.25) is 11.8 Å². The number of para-hydroxylation sites is 1. The van der Waals surface area contributed by atoms with E-state index in [4.69, 9.17) is 0 Å². The molecule has 3 aromatic carbocycles. The molecule has 9 heteroatoms. The van der Waals surface area contributed by atoms with E-state index >= 15 is 4.39 Å². The lowest BCUT2D eigenvalue weighted by Crippen LogP contribution is -2.54. The van der Waals surface area contributed by atoms with Gasteiger partial charge in [-0.2, -0.15) is 0 Å². The lowest BCUT2D eigenvalue weighted by Gasteiger charge is -2.34. The molecule has 0 aliphatic heterocycles. The molecule has 41 heavy (non-hydrogen) atoms. The predicted molar refractivity (Wildman–Crippen MR) is 158 cm³/mol. The van der Waals surface area contributed by atoms with Crippen molar-refractivity contribution in [3.05, 3.63) is 95.8 Å². The van der Waals surface area contributed by atoms with E-state index in [2.05, 4.69) is 5.32 Å². The minimum atomic E-state index is -4.31. The number of carbonyl (C=O) groups is 2. The number of nitrogens with zero attached hydrogens (tertiary/aromatic N) is 2. The highest BCUT2D eigenvalue weighted by Crippen LogP contribution is 2.27. The van der Waals surface area contributed by atoms with Gasteiger partial charge in [0.25, 0.3) is 10.0 Å². The Bertz CT molecular complexity index is 1420. The molecule has 1 saturated carbocycles. The van der Waals surface area contributed by atoms with E-state index in [1.54, 1.807) is 18.2 Å². The summed E-state index contributed by atoms with van der Waals surface area (Å²) in [6.07, 6.45) is 5.35. The van der Waals surface area contributed by atoms with Crippen LogP contribution in [0, 0.1) is 12.7 Å². The average Bonchev–Trinajstić information content (AvgIpc) is 2.98. The Morgan fingerprint density at radius 2 is 1.56 bits per heavy atom. The van der Waals surface area contributed by atoms with Crippen LogP contribution in [0.4, 0.5) is 10.1 Å². The minimum absolute atomic E-state index is 0.0509. The van der Waals surface area contributed by atoms with Crippen molar-refractivity contribution in [3.63, 3.8) is 0 Å². The first-order chi connectivity index (χ1) is 19.7. The van der Waals surface area contributed by atoms with Gasteiger partial charge in [-0.3, -0.25) is 13.9 Å². The summed E-state index contributed by atoms with van der Waals surface area (Å²) in [5.41, 5.74) is 1.62. The van der Waals surface area contributed by atoms with Gasteiger partial charge in [-0.05, 0) is 56.0 Å². The number of amides is 2. The first-order valence-electron chi connectivity index (χ1n) is 14.2. The minimum Gasteiger partial charge on any atom is -0.352 e. The molecule has 1 N–H and O–H groups in total. The first kappa shape index (κ1) is 30.2. The van der Waals surface area contributed by atoms with E-state index in [9.17, 15) is 18.0 Å². The van der Waals surface area contributed by atoms with Crippen molar-refractivity contribution in [1.82, 2.24) is 10.2 Å². The highest BCUT2D eigenvalue weighted by atomic mass is 32.2. The van der Waals surface area contributed by atoms with Crippen molar-refractivity contribution >= 4 is 27.5 Å². The molecule has 2 amide bonds. The zero-order chi connectivity index (χ0) is 29.4. The summed E-state index contributed by atoms with van der Waals surface area (Å²) < 4.78 is 43.4. The van der Waals surface area contributed by atoms with E-state index < -0.39 is 34.3 Å². The van der Waals surface area contributed by atoms with Crippen LogP contribution in [0.1, 0.15) is 56.6 Å². The Labute approximate surface area is 242 Å². The molecule has 0 saturated heterocycles. The normalized spacial score (nSPS) is 14.7. The molecule has 0 heterocycles. The van der Waals surface area contributed by atoms with Gasteiger partial charge in [0.05, 0.1) is 10.6 Å². The Kier molecular flexibility index (Phi) is 10.2. The second kappa shape index (κ2) is 13.8. The maximum absolute atomic E-state index is 15.0. The number of carbonyl (C=O) groups excluding carboxylic acids is 2. The van der Waals surface area contributed by atoms with Crippen molar-refractivity contribution < 1.29 is 22.4 Å². The van der Waals surface area contributed by atoms with E-state index in [0.717, 1.165) is 53.6 Å². The van der Waals surface area contributed by atoms with Crippen LogP contribution in [0.3, 0.4) is 0 Å². The molecular weight excluding hydrogens is 541 g/mol. The van der Waals surface area contributed by atoms with E-state index in [0.29, 0.717) is 6.42 Å². The summed E-state index contributed by atoms with van der Waals surface area (Å²) >= 11 is 0. The summed E-state index contributed by atoms with van der Waals surface area (Å²) in [7, 11) is -4.31. The van der Waals surface area contributed by atoms with Crippen molar-refractivity contribution in [2.75, 3.05) is 10.8 Å². The third-order valence-electron chi connectivity index (χ3n) is 7.54. The lowest BCUT2D eigenvalue weighted by molar-refractivity contribution is -0.140. The van der Waals surface area contributed by atoms with Crippen LogP contribution in [-0.4, -0.2) is 43.8 Å². The first-order valence-corrected chi connectivity index (χ1v) is 15.6. The van der Waals surface area contributed by atoms with Crippen LogP contribution in [0.5, 0.6) is 0 Å². The summed E-state index contributed by atoms with van der Waals surface area (Å²) in [4.78, 5) is 29.0. The number of nitrogens with one attached hydrogen (secondary N) is 1. The fourth-order valence-electron chi connectivity index (χ4n) is 5.24. The monoisotopic (exact) mass is 579 g/mol. The number of aryl methyl sites for hydroxylation is 1. The Balaban J connectivity index is 1.70. The number of sulfonamides is 1. The van der Waals surface area contributed by atoms with Crippen LogP contribution in [0.15, 0.2) is 83.8 Å². The molecule has 7 nitrogen and oxygen atoms in total. The van der Waals surface area contributed by atoms with Gasteiger partial charge >= 0.3 is 0 Å². The van der Waals surface area contributed by atoms with Crippen LogP contribution in [0.2, 0.25) is 0 Å². The molecule has 1 aliphatic carbocycles. The van der Waals surface area contributed by atoms with Crippen LogP contribution < -0.4 is 9.62 Å². The van der Waals surface area contributed by atoms with E-state index in [1.807, 2.05) is 38.1 Å². The number of rotatable bonds is 11. The Morgan fingerprint density at radius 1 is 0.927 bits per heavy atom. The summed E-state index contributed by atoms with van der Waals surface area (Å²) in [6, 6.07) is 19.9. The molecule has 0 spiro atoms. The summed E-state index contributed by atoms with van der Waals surface area (Å²) in [5.74, 6) is -1.63. The van der Waals surface area contributed by atoms with Gasteiger partial charge < -0.3 is 10.2 Å². The van der Waals surface area contributed by atoms with Gasteiger partial charge in [-0.25, -0.2) is 12.8 Å². The number of benzene rings is 3. The molecule has 0 aromatic heterocycles. The van der Waals surface area contributed by atoms with Gasteiger partial charge in [0, 0.05) is 12.6 Å². The van der Waals surface area contributed by atoms with E-state index in [1.165, 1.54) is 35.2 Å². The molecule has 1 aliphatic rings. The lowest BCUT2D eigenvalue weighted by atomic mass is 9.95. The second-order valence-corrected chi connectivity index (χ2v) is 12.4. The van der Waals surface area contributed by atoms with Crippen molar-refractivity contribution in [2.45, 2.75) is 75.9 Å². The van der Waals surface area contributed by atoms with Crippen molar-refractivity contribution in [3.8, 4) is 0 Å². The standard InChI is InChI=1S/C32H38FN3O4S/c1-3-29(32(38)34-26-12-6-4-7-13-26)35(22-25-20-18-24(2)19-21-25)31(37)23-36(30-17-11-10-16-28(30)33)41(39,40)27-14-8-5-9-15-27/h5,8-11,14-21,26,29H,3-4,6-7,12-13,22-23H2,1-2H3,(H,34,38). The summed E-state index contributed by atoms with van der Waals surface area (Å²) in [5, 5.41) is 3.13. The van der Waals surface area contributed by atoms with Gasteiger partial charge in [-0.15, -0.1) is 0 Å². The number of hydrogen-bond acceptors (Lipinski definition) is 4. The second-order valence-electron chi connectivity index (χ2n) is 10.6. The van der Waals surface area contributed by atoms with Crippen LogP contribution in [0.25, 0.3) is 0 Å². The van der Waals surface area contributed by atoms with Crippen molar-refractivity contribution in [1.29, 1.82) is 0 Å². The van der Waals surface area contributed by atoms with Gasteiger partial charge in [0.15, 0.2) is 0 Å². The number of hydrogen-bond donors (Lipinski definition) is 1. The fourth-order valence-corrected chi connectivity index (χ4v) is 6.68. The predicted octanol–water partition coefficient (Wildman–Crippen LogP) is 5.59. The maximum Gasteiger partial charge on any atom is 0.264 e. The van der Waals surface area contributed by atoms with Gasteiger partial charge in [-0.1, -0.05) is 86.3 Å². The maximum atomic E-state index is 15.0. The molecule has 218 valence electrons. The largest absolute Gasteiger partial charge is 0.352 e. The molecule has 0 bridgehead atoms. The fraction of sp³-hybridized carbons (Fsp3) is 0.375. The van der Waals surface area contributed by atoms with Crippen LogP contribution >= 0.6 is 0 Å². The average molecular weight is 580 g/mol. The Hall–Kier alpha value is -3.72.